The first-order chi connectivity index (χ1) is 38.5. The monoisotopic (exact) mass is 1270 g/mol. The first-order valence-corrected chi connectivity index (χ1v) is 24.6. The minimum absolute atomic E-state index is 0.000601. The Morgan fingerprint density at radius 3 is 1.36 bits per heavy atom. The molecule has 0 fully saturated rings. The van der Waals surface area contributed by atoms with Crippen molar-refractivity contribution in [3.8, 4) is 11.6 Å². The Morgan fingerprint density at radius 2 is 0.952 bits per heavy atom. The molecular weight excluding hydrogens is 1240 g/mol. The van der Waals surface area contributed by atoms with Crippen molar-refractivity contribution in [3.63, 3.8) is 0 Å². The van der Waals surface area contributed by atoms with Gasteiger partial charge < -0.3 is 21.7 Å². The number of aryl methyl sites for hydroxylation is 2. The van der Waals surface area contributed by atoms with Crippen LogP contribution in [0.25, 0.3) is 11.6 Å². The lowest BCUT2D eigenvalue weighted by atomic mass is 10.1. The van der Waals surface area contributed by atoms with Crippen LogP contribution in [-0.4, -0.2) is 86.1 Å². The van der Waals surface area contributed by atoms with Gasteiger partial charge in [-0.15, -0.1) is 0 Å². The van der Waals surface area contributed by atoms with Crippen molar-refractivity contribution in [2.75, 3.05) is 25.1 Å². The first kappa shape index (κ1) is 64.2. The third kappa shape index (κ3) is 15.4. The molecule has 83 heavy (non-hydrogen) atoms. The van der Waals surface area contributed by atoms with Crippen molar-refractivity contribution < 1.29 is 71.9 Å². The van der Waals surface area contributed by atoms with Gasteiger partial charge in [0.15, 0.2) is 23.0 Å². The van der Waals surface area contributed by atoms with Crippen LogP contribution >= 0.6 is 58.0 Å². The second-order valence-electron chi connectivity index (χ2n) is 16.8. The molecule has 0 aliphatic heterocycles. The number of halogens is 17. The van der Waals surface area contributed by atoms with Gasteiger partial charge in [0.05, 0.1) is 51.3 Å². The molecule has 5 N–H and O–H groups in total. The van der Waals surface area contributed by atoms with E-state index in [1.165, 1.54) is 55.8 Å². The van der Waals surface area contributed by atoms with E-state index in [0.717, 1.165) is 27.1 Å². The summed E-state index contributed by atoms with van der Waals surface area (Å²) in [7, 11) is 2.92. The summed E-state index contributed by atoms with van der Waals surface area (Å²) in [5, 5.41) is 21.3. The van der Waals surface area contributed by atoms with Gasteiger partial charge in [-0.3, -0.25) is 28.5 Å². The number of nitrogens with one attached hydrogen (secondary N) is 3. The molecule has 8 aromatic rings. The van der Waals surface area contributed by atoms with Crippen LogP contribution < -0.4 is 21.7 Å². The number of nitrogens with two attached hydrogens (primary N) is 1. The number of carbonyl (C=O) groups excluding carboxylic acids is 4. The number of nitrogen functional groups attached to an aromatic ring is 1. The number of hydrogen-bond donors (Lipinski definition) is 4. The Morgan fingerprint density at radius 1 is 0.542 bits per heavy atom. The Labute approximate surface area is 483 Å². The zero-order valence-corrected chi connectivity index (χ0v) is 45.9. The van der Waals surface area contributed by atoms with E-state index >= 15 is 0 Å². The molecule has 8 rings (SSSR count). The lowest BCUT2D eigenvalue weighted by Gasteiger charge is -2.14. The summed E-state index contributed by atoms with van der Waals surface area (Å²) in [5.74, 6) is -1.84. The molecule has 3 amide bonds. The molecular formula is C48H35Cl5F12N14O4. The zero-order valence-electron chi connectivity index (χ0n) is 42.1. The number of amides is 3. The second-order valence-corrected chi connectivity index (χ2v) is 18.9. The predicted octanol–water partition coefficient (Wildman–Crippen LogP) is 11.9. The van der Waals surface area contributed by atoms with E-state index in [1.54, 1.807) is 26.1 Å². The number of pyridine rings is 2. The summed E-state index contributed by atoms with van der Waals surface area (Å²) in [6.45, 7) is 1.67. The van der Waals surface area contributed by atoms with Crippen molar-refractivity contribution in [2.45, 2.75) is 51.6 Å². The molecule has 6 aromatic heterocycles. The maximum atomic E-state index is 13.5. The molecule has 0 bridgehead atoms. The number of carbonyl (C=O) groups is 4. The van der Waals surface area contributed by atoms with Crippen LogP contribution in [0.2, 0.25) is 20.1 Å². The fraction of sp³-hybridized carbons (Fsp3) is 0.208. The molecule has 0 saturated carbocycles. The van der Waals surface area contributed by atoms with Crippen LogP contribution in [0.15, 0.2) is 85.2 Å². The molecule has 440 valence electrons. The summed E-state index contributed by atoms with van der Waals surface area (Å²) >= 11 is 29.5. The molecule has 0 saturated heterocycles. The van der Waals surface area contributed by atoms with E-state index in [-0.39, 0.29) is 88.1 Å². The standard InChI is InChI=1S/C24H17Cl2F6N7O2.C15H7Cl2F6N5O.C9H11ClN2O/c1-11-6-12(25)7-14(21(40)33-2)19(11)35-22(41)16-8-13(36-39(16)20-15(26)4-3-5-34-20)10-38-18(24(30,31)32)9-17(37-38)23(27,28)29;16-8-2-1-3-24-13(8)28-9(12(17)29)4-7(25-28)6-27-11(15(21,22)23)5-10(26-27)14(18,19)20;1-5-3-6(10)4-7(8(5)11)9(13)12-2/h3-9H,10H2,1-2H3,(H,33,40)(H,35,41);1-5H,6H2;3-4H,11H2,1-2H3,(H,12,13). The molecule has 35 heteroatoms. The Balaban J connectivity index is 0.000000227. The Hall–Kier alpha value is -7.93. The lowest BCUT2D eigenvalue weighted by Crippen LogP contribution is -2.23. The van der Waals surface area contributed by atoms with E-state index < -0.39 is 77.6 Å². The van der Waals surface area contributed by atoms with Gasteiger partial charge in [0, 0.05) is 54.4 Å². The summed E-state index contributed by atoms with van der Waals surface area (Å²) in [4.78, 5) is 56.8. The van der Waals surface area contributed by atoms with Crippen LogP contribution in [0.4, 0.5) is 64.1 Å². The van der Waals surface area contributed by atoms with Gasteiger partial charge in [0.2, 0.25) is 0 Å². The fourth-order valence-electron chi connectivity index (χ4n) is 7.30. The maximum absolute atomic E-state index is 13.5. The van der Waals surface area contributed by atoms with Crippen molar-refractivity contribution in [1.82, 2.24) is 59.7 Å². The average molecular weight is 1280 g/mol. The highest BCUT2D eigenvalue weighted by molar-refractivity contribution is 6.67. The lowest BCUT2D eigenvalue weighted by molar-refractivity contribution is -0.145. The number of hydrogen-bond acceptors (Lipinski definition) is 11. The van der Waals surface area contributed by atoms with Crippen LogP contribution in [0.1, 0.15) is 87.0 Å². The van der Waals surface area contributed by atoms with E-state index in [9.17, 15) is 71.9 Å². The number of alkyl halides is 12. The van der Waals surface area contributed by atoms with Crippen LogP contribution in [0.5, 0.6) is 0 Å². The van der Waals surface area contributed by atoms with Crippen molar-refractivity contribution in [1.29, 1.82) is 0 Å². The van der Waals surface area contributed by atoms with Gasteiger partial charge in [-0.2, -0.15) is 73.1 Å². The molecule has 2 aromatic carbocycles. The Bertz CT molecular complexity index is 3760. The van der Waals surface area contributed by atoms with Crippen molar-refractivity contribution in [2.24, 2.45) is 0 Å². The van der Waals surface area contributed by atoms with Crippen LogP contribution in [-0.2, 0) is 37.8 Å². The topological polar surface area (TPSA) is 227 Å². The van der Waals surface area contributed by atoms with Gasteiger partial charge in [0.1, 0.15) is 22.8 Å². The SMILES string of the molecule is CNC(=O)c1cc(Cl)cc(C)c1N.CNC(=O)c1cc(Cl)cc(C)c1NC(=O)c1cc(Cn2nc(C(F)(F)F)cc2C(F)(F)F)nn1-c1ncccc1Cl.O=C(Cl)c1cc(Cn2nc(C(F)(F)F)cc2C(F)(F)F)nn1-c1ncccc1Cl. The maximum Gasteiger partial charge on any atom is 0.435 e. The number of nitrogens with zero attached hydrogens (tertiary/aromatic N) is 10. The zero-order chi connectivity index (χ0) is 61.8. The number of benzene rings is 2. The van der Waals surface area contributed by atoms with E-state index in [1.807, 2.05) is 6.92 Å². The molecule has 18 nitrogen and oxygen atoms in total. The van der Waals surface area contributed by atoms with Gasteiger partial charge >= 0.3 is 24.7 Å². The summed E-state index contributed by atoms with van der Waals surface area (Å²) in [5.41, 5.74) is 0.0219. The quantitative estimate of drug-likeness (QED) is 0.0541. The molecule has 0 aliphatic carbocycles. The van der Waals surface area contributed by atoms with Crippen molar-refractivity contribution in [3.05, 3.63) is 173 Å². The van der Waals surface area contributed by atoms with Crippen molar-refractivity contribution >= 4 is 92.3 Å². The largest absolute Gasteiger partial charge is 0.435 e. The molecule has 0 aliphatic rings. The second kappa shape index (κ2) is 25.3. The summed E-state index contributed by atoms with van der Waals surface area (Å²) < 4.78 is 160. The summed E-state index contributed by atoms with van der Waals surface area (Å²) in [6, 6.07) is 13.7. The van der Waals surface area contributed by atoms with Gasteiger partial charge in [-0.25, -0.2) is 19.3 Å². The summed E-state index contributed by atoms with van der Waals surface area (Å²) in [6.07, 6.45) is -17.9. The number of anilines is 2. The highest BCUT2D eigenvalue weighted by Crippen LogP contribution is 2.38. The molecule has 0 radical (unpaired) electrons. The molecule has 0 unspecified atom stereocenters. The van der Waals surface area contributed by atoms with Gasteiger partial charge in [0.25, 0.3) is 23.0 Å². The van der Waals surface area contributed by atoms with Crippen LogP contribution in [0, 0.1) is 13.8 Å². The third-order valence-electron chi connectivity index (χ3n) is 11.0. The van der Waals surface area contributed by atoms with Gasteiger partial charge in [-0.05, 0) is 97.2 Å². The van der Waals surface area contributed by atoms with E-state index in [2.05, 4.69) is 46.3 Å². The third-order valence-corrected chi connectivity index (χ3v) is 12.2. The normalized spacial score (nSPS) is 11.8. The average Bonchev–Trinajstić information content (AvgIpc) is 3.38. The smallest absolute Gasteiger partial charge is 0.398 e. The highest BCUT2D eigenvalue weighted by atomic mass is 35.5. The predicted molar refractivity (Wildman–Crippen MR) is 277 cm³/mol. The highest BCUT2D eigenvalue weighted by Gasteiger charge is 2.43. The minimum Gasteiger partial charge on any atom is -0.398 e. The minimum atomic E-state index is -5.17. The van der Waals surface area contributed by atoms with E-state index in [4.69, 9.17) is 63.7 Å². The Kier molecular flexibility index (Phi) is 19.6. The van der Waals surface area contributed by atoms with E-state index in [0.29, 0.717) is 21.8 Å². The van der Waals surface area contributed by atoms with Gasteiger partial charge in [-0.1, -0.05) is 46.4 Å². The molecule has 0 atom stereocenters. The fourth-order valence-corrected chi connectivity index (χ4v) is 8.38. The molecule has 6 heterocycles. The molecule has 0 spiro atoms. The van der Waals surface area contributed by atoms with Crippen LogP contribution in [0.3, 0.4) is 0 Å². The number of rotatable bonds is 11. The number of aromatic nitrogens is 10. The first-order valence-electron chi connectivity index (χ1n) is 22.7.